The predicted octanol–water partition coefficient (Wildman–Crippen LogP) is 5.44. The summed E-state index contributed by atoms with van der Waals surface area (Å²) in [6, 6.07) is 12.7. The van der Waals surface area contributed by atoms with Crippen LogP contribution in [0.3, 0.4) is 0 Å². The molecule has 2 N–H and O–H groups in total. The number of halogens is 3. The molecule has 8 heteroatoms. The van der Waals surface area contributed by atoms with Crippen LogP contribution in [0.25, 0.3) is 10.9 Å². The second-order valence-electron chi connectivity index (χ2n) is 6.44. The maximum absolute atomic E-state index is 13.2. The molecule has 0 aliphatic carbocycles. The summed E-state index contributed by atoms with van der Waals surface area (Å²) in [6.45, 7) is -0.827. The lowest BCUT2D eigenvalue weighted by Gasteiger charge is -2.11. The Morgan fingerprint density at radius 1 is 1.13 bits per heavy atom. The number of hydrogen-bond acceptors (Lipinski definition) is 4. The van der Waals surface area contributed by atoms with Crippen molar-refractivity contribution in [1.29, 1.82) is 0 Å². The number of fused-ring (bicyclic) bond motifs is 1. The fourth-order valence-corrected chi connectivity index (χ4v) is 3.60. The van der Waals surface area contributed by atoms with Crippen LogP contribution in [-0.4, -0.2) is 37.7 Å². The first-order valence-corrected chi connectivity index (χ1v) is 10.4. The second kappa shape index (κ2) is 9.26. The van der Waals surface area contributed by atoms with Gasteiger partial charge in [0.1, 0.15) is 12.3 Å². The van der Waals surface area contributed by atoms with E-state index in [9.17, 15) is 13.2 Å². The maximum Gasteiger partial charge on any atom is 0.406 e. The molecule has 2 aromatic carbocycles. The minimum Gasteiger partial charge on any atom is -0.495 e. The molecule has 0 aliphatic heterocycles. The number of benzene rings is 2. The number of thioether (sulfide) groups is 1. The van der Waals surface area contributed by atoms with E-state index in [1.165, 1.54) is 4.57 Å². The third kappa shape index (κ3) is 4.97. The first-order chi connectivity index (χ1) is 14.4. The van der Waals surface area contributed by atoms with Crippen LogP contribution in [-0.2, 0) is 6.54 Å². The van der Waals surface area contributed by atoms with Crippen molar-refractivity contribution in [3.05, 3.63) is 48.2 Å². The largest absolute Gasteiger partial charge is 0.495 e. The van der Waals surface area contributed by atoms with Crippen molar-refractivity contribution in [1.82, 2.24) is 4.57 Å². The van der Waals surface area contributed by atoms with Gasteiger partial charge in [0.2, 0.25) is 0 Å². The molecule has 0 saturated heterocycles. The zero-order valence-corrected chi connectivity index (χ0v) is 17.7. The van der Waals surface area contributed by atoms with Gasteiger partial charge in [0.15, 0.2) is 0 Å². The molecule has 4 nitrogen and oxygen atoms in total. The van der Waals surface area contributed by atoms with E-state index in [1.807, 2.05) is 30.5 Å². The van der Waals surface area contributed by atoms with E-state index >= 15 is 0 Å². The third-order valence-corrected chi connectivity index (χ3v) is 5.27. The van der Waals surface area contributed by atoms with E-state index < -0.39 is 12.7 Å². The van der Waals surface area contributed by atoms with Crippen LogP contribution in [0, 0.1) is 11.8 Å². The predicted molar refractivity (Wildman–Crippen MR) is 118 cm³/mol. The van der Waals surface area contributed by atoms with E-state index in [0.717, 1.165) is 16.3 Å². The maximum atomic E-state index is 13.2. The molecule has 3 rings (SSSR count). The molecule has 0 amide bonds. The Balaban J connectivity index is 1.88. The van der Waals surface area contributed by atoms with Crippen LogP contribution in [0.5, 0.6) is 5.75 Å². The summed E-state index contributed by atoms with van der Waals surface area (Å²) < 4.78 is 46.0. The SMILES string of the molecule is CNc1cccc2c1cc(C#CCNc1ccc(SC)cc1OC)n2CC(F)(F)F. The van der Waals surface area contributed by atoms with E-state index in [2.05, 4.69) is 22.5 Å². The number of hydrogen-bond donors (Lipinski definition) is 2. The summed E-state index contributed by atoms with van der Waals surface area (Å²) in [6.07, 6.45) is -2.37. The smallest absolute Gasteiger partial charge is 0.406 e. The van der Waals surface area contributed by atoms with Crippen molar-refractivity contribution in [2.75, 3.05) is 37.6 Å². The number of alkyl halides is 3. The van der Waals surface area contributed by atoms with Gasteiger partial charge in [0.05, 0.1) is 30.6 Å². The first-order valence-electron chi connectivity index (χ1n) is 9.18. The number of nitrogens with zero attached hydrogens (tertiary/aromatic N) is 1. The summed E-state index contributed by atoms with van der Waals surface area (Å²) in [5, 5.41) is 6.88. The Morgan fingerprint density at radius 2 is 1.93 bits per heavy atom. The first kappa shape index (κ1) is 21.8. The van der Waals surface area contributed by atoms with Crippen molar-refractivity contribution in [3.63, 3.8) is 0 Å². The Kier molecular flexibility index (Phi) is 6.73. The minimum atomic E-state index is -4.34. The number of aromatic nitrogens is 1. The molecular weight excluding hydrogens is 411 g/mol. The van der Waals surface area contributed by atoms with E-state index in [0.29, 0.717) is 22.3 Å². The van der Waals surface area contributed by atoms with Gasteiger partial charge in [-0.3, -0.25) is 0 Å². The Bertz CT molecular complexity index is 1100. The van der Waals surface area contributed by atoms with Crippen LogP contribution >= 0.6 is 11.8 Å². The summed E-state index contributed by atoms with van der Waals surface area (Å²) in [5.41, 5.74) is 2.34. The number of anilines is 2. The van der Waals surface area contributed by atoms with Crippen LogP contribution in [0.15, 0.2) is 47.4 Å². The van der Waals surface area contributed by atoms with Crippen molar-refractivity contribution >= 4 is 34.0 Å². The average Bonchev–Trinajstić information content (AvgIpc) is 3.07. The monoisotopic (exact) mass is 433 g/mol. The highest BCUT2D eigenvalue weighted by Crippen LogP contribution is 2.30. The van der Waals surface area contributed by atoms with Crippen LogP contribution < -0.4 is 15.4 Å². The summed E-state index contributed by atoms with van der Waals surface area (Å²) in [7, 11) is 3.33. The molecule has 0 radical (unpaired) electrons. The molecule has 158 valence electrons. The fourth-order valence-electron chi connectivity index (χ4n) is 3.17. The number of rotatable bonds is 6. The molecule has 0 saturated carbocycles. The summed E-state index contributed by atoms with van der Waals surface area (Å²) in [4.78, 5) is 1.07. The van der Waals surface area contributed by atoms with Gasteiger partial charge in [-0.2, -0.15) is 13.2 Å². The third-order valence-electron chi connectivity index (χ3n) is 4.54. The molecule has 0 atom stereocenters. The molecule has 1 aromatic heterocycles. The Labute approximate surface area is 177 Å². The average molecular weight is 433 g/mol. The Hall–Kier alpha value is -2.92. The zero-order valence-electron chi connectivity index (χ0n) is 16.9. The van der Waals surface area contributed by atoms with Crippen molar-refractivity contribution in [2.45, 2.75) is 17.6 Å². The molecule has 0 fully saturated rings. The molecule has 3 aromatic rings. The molecule has 30 heavy (non-hydrogen) atoms. The summed E-state index contributed by atoms with van der Waals surface area (Å²) >= 11 is 1.61. The highest BCUT2D eigenvalue weighted by Gasteiger charge is 2.29. The minimum absolute atomic E-state index is 0.265. The highest BCUT2D eigenvalue weighted by atomic mass is 32.2. The van der Waals surface area contributed by atoms with E-state index in [-0.39, 0.29) is 6.54 Å². The molecule has 1 heterocycles. The van der Waals surface area contributed by atoms with Crippen molar-refractivity contribution in [3.8, 4) is 17.6 Å². The quantitative estimate of drug-likeness (QED) is 0.401. The van der Waals surface area contributed by atoms with Crippen LogP contribution in [0.2, 0.25) is 0 Å². The van der Waals surface area contributed by atoms with Crippen molar-refractivity contribution < 1.29 is 17.9 Å². The van der Waals surface area contributed by atoms with Gasteiger partial charge in [-0.15, -0.1) is 11.8 Å². The number of nitrogens with one attached hydrogen (secondary N) is 2. The van der Waals surface area contributed by atoms with Gasteiger partial charge >= 0.3 is 6.18 Å². The van der Waals surface area contributed by atoms with Gasteiger partial charge in [-0.1, -0.05) is 12.0 Å². The second-order valence-corrected chi connectivity index (χ2v) is 7.32. The molecule has 0 aliphatic rings. The lowest BCUT2D eigenvalue weighted by Crippen LogP contribution is -2.18. The van der Waals surface area contributed by atoms with E-state index in [1.54, 1.807) is 44.1 Å². The van der Waals surface area contributed by atoms with Gasteiger partial charge in [-0.25, -0.2) is 0 Å². The van der Waals surface area contributed by atoms with Gasteiger partial charge < -0.3 is 19.9 Å². The normalized spacial score (nSPS) is 11.1. The van der Waals surface area contributed by atoms with Gasteiger partial charge in [0, 0.05) is 23.0 Å². The molecular formula is C22H22F3N3OS. The highest BCUT2D eigenvalue weighted by molar-refractivity contribution is 7.98. The summed E-state index contributed by atoms with van der Waals surface area (Å²) in [5.74, 6) is 6.50. The standard InChI is InChI=1S/C22H22F3N3OS/c1-26-18-7-4-8-20-17(18)12-15(28(20)14-22(23,24)25)6-5-11-27-19-10-9-16(30-3)13-21(19)29-2/h4,7-10,12-13,26-27H,11,14H2,1-3H3. The molecule has 0 spiro atoms. The fraction of sp³-hybridized carbons (Fsp3) is 0.273. The topological polar surface area (TPSA) is 38.2 Å². The molecule has 0 unspecified atom stereocenters. The number of methoxy groups -OCH3 is 1. The van der Waals surface area contributed by atoms with Gasteiger partial charge in [-0.05, 0) is 48.6 Å². The number of ether oxygens (including phenoxy) is 1. The van der Waals surface area contributed by atoms with Gasteiger partial charge in [0.25, 0.3) is 0 Å². The zero-order chi connectivity index (χ0) is 21.7. The van der Waals surface area contributed by atoms with Crippen LogP contribution in [0.4, 0.5) is 24.5 Å². The Morgan fingerprint density at radius 3 is 2.60 bits per heavy atom. The molecule has 0 bridgehead atoms. The lowest BCUT2D eigenvalue weighted by molar-refractivity contribution is -0.140. The van der Waals surface area contributed by atoms with E-state index in [4.69, 9.17) is 4.74 Å². The van der Waals surface area contributed by atoms with Crippen molar-refractivity contribution in [2.24, 2.45) is 0 Å². The van der Waals surface area contributed by atoms with Crippen LogP contribution in [0.1, 0.15) is 5.69 Å². The lowest BCUT2D eigenvalue weighted by atomic mass is 10.2.